The minimum atomic E-state index is -1.25. The number of aliphatic hydroxyl groups is 1. The molecule has 1 fully saturated rings. The van der Waals surface area contributed by atoms with Crippen molar-refractivity contribution in [2.75, 3.05) is 32.4 Å². The van der Waals surface area contributed by atoms with E-state index in [1.165, 1.54) is 6.33 Å². The third-order valence-corrected chi connectivity index (χ3v) is 4.32. The van der Waals surface area contributed by atoms with Crippen LogP contribution in [0.5, 0.6) is 0 Å². The highest BCUT2D eigenvalue weighted by Gasteiger charge is 2.40. The maximum atomic E-state index is 10.1. The summed E-state index contributed by atoms with van der Waals surface area (Å²) in [5, 5.41) is 10.1. The average molecular weight is 365 g/mol. The van der Waals surface area contributed by atoms with Crippen LogP contribution in [0.15, 0.2) is 12.7 Å². The van der Waals surface area contributed by atoms with Crippen molar-refractivity contribution in [3.05, 3.63) is 12.7 Å². The van der Waals surface area contributed by atoms with Crippen LogP contribution in [0.1, 0.15) is 26.5 Å². The lowest BCUT2D eigenvalue weighted by atomic mass is 10.1. The lowest BCUT2D eigenvalue weighted by Gasteiger charge is -2.28. The quantitative estimate of drug-likeness (QED) is 0.564. The fourth-order valence-electron chi connectivity index (χ4n) is 3.23. The van der Waals surface area contributed by atoms with Gasteiger partial charge in [-0.15, -0.1) is 0 Å². The molecule has 0 unspecified atom stereocenters. The van der Waals surface area contributed by atoms with Gasteiger partial charge >= 0.3 is 0 Å². The van der Waals surface area contributed by atoms with E-state index < -0.39 is 5.79 Å². The van der Waals surface area contributed by atoms with E-state index in [0.29, 0.717) is 36.5 Å². The summed E-state index contributed by atoms with van der Waals surface area (Å²) in [6.45, 7) is 5.17. The summed E-state index contributed by atoms with van der Waals surface area (Å²) in [4.78, 5) is 14.6. The van der Waals surface area contributed by atoms with Crippen LogP contribution in [-0.4, -0.2) is 74.2 Å². The second-order valence-corrected chi connectivity index (χ2v) is 7.10. The van der Waals surface area contributed by atoms with E-state index in [2.05, 4.69) is 19.9 Å². The van der Waals surface area contributed by atoms with Crippen LogP contribution in [0.3, 0.4) is 0 Å². The summed E-state index contributed by atoms with van der Waals surface area (Å²) < 4.78 is 13.9. The lowest BCUT2D eigenvalue weighted by molar-refractivity contribution is -0.215. The number of hydrogen-bond donors (Lipinski definition) is 3. The summed E-state index contributed by atoms with van der Waals surface area (Å²) in [5.74, 6) is -0.924. The number of ether oxygens (including phenoxy) is 2. The third kappa shape index (κ3) is 4.10. The number of nitrogen functional groups attached to an aromatic ring is 1. The van der Waals surface area contributed by atoms with E-state index in [1.54, 1.807) is 20.2 Å². The number of fused-ring (bicyclic) bond motifs is 1. The number of aromatic nitrogens is 4. The van der Waals surface area contributed by atoms with Crippen LogP contribution in [0.25, 0.3) is 11.2 Å². The molecule has 3 atom stereocenters. The first-order valence-electron chi connectivity index (χ1n) is 8.65. The average Bonchev–Trinajstić information content (AvgIpc) is 3.11. The largest absolute Gasteiger partial charge is 0.382 e. The van der Waals surface area contributed by atoms with Gasteiger partial charge in [0.1, 0.15) is 18.1 Å². The summed E-state index contributed by atoms with van der Waals surface area (Å²) >= 11 is 0. The summed E-state index contributed by atoms with van der Waals surface area (Å²) in [7, 11) is 1.98. The third-order valence-electron chi connectivity index (χ3n) is 4.32. The molecule has 10 nitrogen and oxygen atoms in total. The van der Waals surface area contributed by atoms with Gasteiger partial charge in [-0.05, 0) is 20.9 Å². The summed E-state index contributed by atoms with van der Waals surface area (Å²) in [6.07, 6.45) is 2.78. The maximum absolute atomic E-state index is 10.1. The Morgan fingerprint density at radius 2 is 2.19 bits per heavy atom. The van der Waals surface area contributed by atoms with Crippen LogP contribution >= 0.6 is 0 Å². The molecular weight excluding hydrogens is 338 g/mol. The Hall–Kier alpha value is -1.85. The first-order chi connectivity index (χ1) is 12.3. The highest BCUT2D eigenvalue weighted by Crippen LogP contribution is 2.34. The van der Waals surface area contributed by atoms with Crippen molar-refractivity contribution in [3.63, 3.8) is 0 Å². The first kappa shape index (κ1) is 18.9. The number of likely N-dealkylation sites (N-methyl/N-ethyl adjacent to an activating group) is 1. The minimum absolute atomic E-state index is 0.223. The van der Waals surface area contributed by atoms with Crippen LogP contribution in [0.4, 0.5) is 5.82 Å². The molecule has 144 valence electrons. The summed E-state index contributed by atoms with van der Waals surface area (Å²) in [5.41, 5.74) is 12.6. The van der Waals surface area contributed by atoms with E-state index in [1.807, 2.05) is 11.6 Å². The van der Waals surface area contributed by atoms with E-state index in [4.69, 9.17) is 20.9 Å². The van der Waals surface area contributed by atoms with Crippen LogP contribution in [0.2, 0.25) is 0 Å². The molecule has 5 N–H and O–H groups in total. The molecule has 2 aromatic heterocycles. The van der Waals surface area contributed by atoms with Crippen LogP contribution in [-0.2, 0) is 9.47 Å². The number of imidazole rings is 1. The SMILES string of the molecule is CN(CCN)C[C@H]1O[C@@H](n2cnc3c(N)ncnc32)C[C@@H]1OC(C)(C)O. The summed E-state index contributed by atoms with van der Waals surface area (Å²) in [6, 6.07) is 0. The van der Waals surface area contributed by atoms with Crippen molar-refractivity contribution in [1.82, 2.24) is 24.4 Å². The van der Waals surface area contributed by atoms with Gasteiger partial charge in [-0.25, -0.2) is 15.0 Å². The van der Waals surface area contributed by atoms with Crippen LogP contribution in [0, 0.1) is 0 Å². The van der Waals surface area contributed by atoms with Crippen molar-refractivity contribution in [3.8, 4) is 0 Å². The van der Waals surface area contributed by atoms with Gasteiger partial charge in [-0.3, -0.25) is 4.57 Å². The predicted octanol–water partition coefficient (Wildman–Crippen LogP) is -0.300. The van der Waals surface area contributed by atoms with E-state index in [0.717, 1.165) is 6.54 Å². The van der Waals surface area contributed by atoms with Gasteiger partial charge in [0.2, 0.25) is 0 Å². The number of hydrogen-bond acceptors (Lipinski definition) is 9. The van der Waals surface area contributed by atoms with Crippen molar-refractivity contribution in [2.45, 2.75) is 44.5 Å². The normalized spacial score (nSPS) is 24.0. The van der Waals surface area contributed by atoms with Gasteiger partial charge < -0.3 is 30.9 Å². The Kier molecular flexibility index (Phi) is 5.39. The molecule has 1 aliphatic rings. The van der Waals surface area contributed by atoms with Gasteiger partial charge in [0.25, 0.3) is 0 Å². The topological polar surface area (TPSA) is 138 Å². The molecule has 0 aliphatic carbocycles. The second-order valence-electron chi connectivity index (χ2n) is 7.10. The molecule has 0 spiro atoms. The molecule has 3 heterocycles. The molecule has 0 saturated carbocycles. The standard InChI is InChI=1S/C16H27N7O3/c1-16(2,24)26-10-6-12(25-11(10)7-22(3)5-4-17)23-9-21-13-14(18)19-8-20-15(13)23/h8-12,24H,4-7,17H2,1-3H3,(H2,18,19,20)/t10-,11+,12+/m0/s1. The Morgan fingerprint density at radius 3 is 2.88 bits per heavy atom. The Balaban J connectivity index is 1.83. The fourth-order valence-corrected chi connectivity index (χ4v) is 3.23. The number of anilines is 1. The van der Waals surface area contributed by atoms with E-state index in [9.17, 15) is 5.11 Å². The zero-order valence-electron chi connectivity index (χ0n) is 15.4. The molecule has 26 heavy (non-hydrogen) atoms. The van der Waals surface area contributed by atoms with Crippen molar-refractivity contribution in [2.24, 2.45) is 5.73 Å². The lowest BCUT2D eigenvalue weighted by Crippen LogP contribution is -2.41. The molecule has 0 bridgehead atoms. The number of nitrogens with zero attached hydrogens (tertiary/aromatic N) is 5. The van der Waals surface area contributed by atoms with Gasteiger partial charge in [-0.1, -0.05) is 0 Å². The molecule has 0 aromatic carbocycles. The molecule has 1 saturated heterocycles. The molecule has 0 radical (unpaired) electrons. The second kappa shape index (κ2) is 7.41. The molecule has 0 amide bonds. The zero-order valence-corrected chi connectivity index (χ0v) is 15.4. The highest BCUT2D eigenvalue weighted by atomic mass is 16.6. The van der Waals surface area contributed by atoms with Crippen molar-refractivity contribution < 1.29 is 14.6 Å². The number of rotatable bonds is 7. The fraction of sp³-hybridized carbons (Fsp3) is 0.688. The smallest absolute Gasteiger partial charge is 0.167 e. The monoisotopic (exact) mass is 365 g/mol. The molecule has 10 heteroatoms. The Bertz CT molecular complexity index is 745. The Morgan fingerprint density at radius 1 is 1.42 bits per heavy atom. The van der Waals surface area contributed by atoms with Crippen molar-refractivity contribution >= 4 is 17.0 Å². The Labute approximate surface area is 152 Å². The number of nitrogens with two attached hydrogens (primary N) is 2. The van der Waals surface area contributed by atoms with Gasteiger partial charge in [0.05, 0.1) is 18.5 Å². The zero-order chi connectivity index (χ0) is 18.9. The van der Waals surface area contributed by atoms with Gasteiger partial charge in [-0.2, -0.15) is 0 Å². The van der Waals surface area contributed by atoms with Crippen molar-refractivity contribution in [1.29, 1.82) is 0 Å². The van der Waals surface area contributed by atoms with E-state index >= 15 is 0 Å². The molecule has 3 rings (SSSR count). The van der Waals surface area contributed by atoms with Crippen LogP contribution < -0.4 is 11.5 Å². The van der Waals surface area contributed by atoms with Gasteiger partial charge in [0.15, 0.2) is 17.3 Å². The molecule has 2 aromatic rings. The maximum Gasteiger partial charge on any atom is 0.167 e. The highest BCUT2D eigenvalue weighted by molar-refractivity contribution is 5.81. The van der Waals surface area contributed by atoms with Gasteiger partial charge in [0, 0.05) is 26.1 Å². The van der Waals surface area contributed by atoms with E-state index in [-0.39, 0.29) is 18.4 Å². The first-order valence-corrected chi connectivity index (χ1v) is 8.65. The molecule has 1 aliphatic heterocycles. The molecular formula is C16H27N7O3. The predicted molar refractivity (Wildman–Crippen MR) is 96.0 cm³/mol. The minimum Gasteiger partial charge on any atom is -0.382 e.